The van der Waals surface area contributed by atoms with Gasteiger partial charge in [-0.25, -0.2) is 17.5 Å². The number of benzene rings is 1. The largest absolute Gasteiger partial charge is 0.295 e. The maximum atomic E-state index is 13.1. The predicted molar refractivity (Wildman–Crippen MR) is 82.0 cm³/mol. The van der Waals surface area contributed by atoms with Crippen LogP contribution in [0.25, 0.3) is 0 Å². The molecule has 1 N–H and O–H groups in total. The van der Waals surface area contributed by atoms with Gasteiger partial charge in [-0.3, -0.25) is 4.90 Å². The third-order valence-electron chi connectivity index (χ3n) is 3.92. The lowest BCUT2D eigenvalue weighted by Gasteiger charge is -2.38. The highest BCUT2D eigenvalue weighted by molar-refractivity contribution is 7.88. The first-order valence-corrected chi connectivity index (χ1v) is 9.25. The molecule has 1 aliphatic rings. The van der Waals surface area contributed by atoms with E-state index in [0.29, 0.717) is 6.54 Å². The molecule has 1 aliphatic heterocycles. The first kappa shape index (κ1) is 16.4. The Morgan fingerprint density at radius 1 is 1.38 bits per heavy atom. The Labute approximate surface area is 126 Å². The number of hydrogen-bond acceptors (Lipinski definition) is 3. The normalized spacial score (nSPS) is 22.1. The highest BCUT2D eigenvalue weighted by Crippen LogP contribution is 2.27. The third kappa shape index (κ3) is 4.76. The fraction of sp³-hybridized carbons (Fsp3) is 0.600. The summed E-state index contributed by atoms with van der Waals surface area (Å²) < 4.78 is 38.5. The Morgan fingerprint density at radius 2 is 2.05 bits per heavy atom. The van der Waals surface area contributed by atoms with Crippen molar-refractivity contribution in [2.45, 2.75) is 38.3 Å². The summed E-state index contributed by atoms with van der Waals surface area (Å²) in [6.07, 6.45) is 3.94. The van der Waals surface area contributed by atoms with Gasteiger partial charge in [0.2, 0.25) is 10.0 Å². The quantitative estimate of drug-likeness (QED) is 0.907. The van der Waals surface area contributed by atoms with Crippen LogP contribution in [0.2, 0.25) is 0 Å². The number of rotatable bonds is 5. The number of likely N-dealkylation sites (tertiary alicyclic amines) is 1. The second kappa shape index (κ2) is 6.85. The molecule has 0 aromatic heterocycles. The lowest BCUT2D eigenvalue weighted by molar-refractivity contribution is 0.140. The molecular formula is C15H23FN2O2S. The molecule has 0 amide bonds. The van der Waals surface area contributed by atoms with Crippen molar-refractivity contribution in [3.63, 3.8) is 0 Å². The molecule has 0 saturated carbocycles. The van der Waals surface area contributed by atoms with Crippen LogP contribution in [0, 0.1) is 5.82 Å². The molecule has 21 heavy (non-hydrogen) atoms. The molecule has 1 saturated heterocycles. The highest BCUT2D eigenvalue weighted by Gasteiger charge is 2.27. The SMILES string of the molecule is CC[C@@H](c1ccc(F)cc1)N1CCC[C@H](NS(C)(=O)=O)C1. The van der Waals surface area contributed by atoms with E-state index in [4.69, 9.17) is 0 Å². The highest BCUT2D eigenvalue weighted by atomic mass is 32.2. The summed E-state index contributed by atoms with van der Waals surface area (Å²) >= 11 is 0. The van der Waals surface area contributed by atoms with Crippen molar-refractivity contribution in [3.8, 4) is 0 Å². The molecular weight excluding hydrogens is 291 g/mol. The van der Waals surface area contributed by atoms with E-state index in [9.17, 15) is 12.8 Å². The third-order valence-corrected chi connectivity index (χ3v) is 4.68. The summed E-state index contributed by atoms with van der Waals surface area (Å²) in [5.74, 6) is -0.233. The van der Waals surface area contributed by atoms with Gasteiger partial charge in [0.1, 0.15) is 5.82 Å². The van der Waals surface area contributed by atoms with Crippen LogP contribution >= 0.6 is 0 Å². The summed E-state index contributed by atoms with van der Waals surface area (Å²) in [6.45, 7) is 3.74. The van der Waals surface area contributed by atoms with E-state index in [0.717, 1.165) is 31.4 Å². The van der Waals surface area contributed by atoms with Crippen LogP contribution in [-0.4, -0.2) is 38.7 Å². The Hall–Kier alpha value is -0.980. The molecule has 118 valence electrons. The van der Waals surface area contributed by atoms with Crippen LogP contribution in [-0.2, 0) is 10.0 Å². The first-order chi connectivity index (χ1) is 9.89. The Bertz CT molecular complexity index is 560. The summed E-state index contributed by atoms with van der Waals surface area (Å²) in [6, 6.07) is 6.76. The summed E-state index contributed by atoms with van der Waals surface area (Å²) in [5, 5.41) is 0. The smallest absolute Gasteiger partial charge is 0.208 e. The lowest BCUT2D eigenvalue weighted by atomic mass is 9.98. The van der Waals surface area contributed by atoms with Crippen molar-refractivity contribution in [1.82, 2.24) is 9.62 Å². The molecule has 6 heteroatoms. The maximum Gasteiger partial charge on any atom is 0.208 e. The van der Waals surface area contributed by atoms with Gasteiger partial charge in [-0.05, 0) is 43.5 Å². The van der Waals surface area contributed by atoms with Gasteiger partial charge < -0.3 is 0 Å². The van der Waals surface area contributed by atoms with E-state index in [1.54, 1.807) is 0 Å². The van der Waals surface area contributed by atoms with Crippen molar-refractivity contribution >= 4 is 10.0 Å². The van der Waals surface area contributed by atoms with Crippen LogP contribution in [0.5, 0.6) is 0 Å². The molecule has 0 bridgehead atoms. The molecule has 0 aliphatic carbocycles. The van der Waals surface area contributed by atoms with E-state index < -0.39 is 10.0 Å². The zero-order valence-electron chi connectivity index (χ0n) is 12.5. The minimum atomic E-state index is -3.18. The van der Waals surface area contributed by atoms with Crippen molar-refractivity contribution in [2.75, 3.05) is 19.3 Å². The van der Waals surface area contributed by atoms with Crippen LogP contribution in [0.3, 0.4) is 0 Å². The van der Waals surface area contributed by atoms with E-state index in [2.05, 4.69) is 16.5 Å². The molecule has 1 heterocycles. The number of hydrogen-bond donors (Lipinski definition) is 1. The van der Waals surface area contributed by atoms with Crippen LogP contribution in [0.15, 0.2) is 24.3 Å². The average molecular weight is 314 g/mol. The molecule has 1 aromatic carbocycles. The van der Waals surface area contributed by atoms with Gasteiger partial charge in [0, 0.05) is 18.6 Å². The van der Waals surface area contributed by atoms with Gasteiger partial charge in [0.05, 0.1) is 6.26 Å². The summed E-state index contributed by atoms with van der Waals surface area (Å²) in [5.41, 5.74) is 1.08. The molecule has 4 nitrogen and oxygen atoms in total. The Balaban J connectivity index is 2.09. The van der Waals surface area contributed by atoms with Crippen molar-refractivity contribution in [3.05, 3.63) is 35.6 Å². The van der Waals surface area contributed by atoms with Gasteiger partial charge in [0.15, 0.2) is 0 Å². The second-order valence-corrected chi connectivity index (χ2v) is 7.48. The lowest BCUT2D eigenvalue weighted by Crippen LogP contribution is -2.48. The molecule has 1 aromatic rings. The van der Waals surface area contributed by atoms with E-state index in [1.165, 1.54) is 18.4 Å². The van der Waals surface area contributed by atoms with Crippen molar-refractivity contribution in [2.24, 2.45) is 0 Å². The maximum absolute atomic E-state index is 13.1. The standard InChI is InChI=1S/C15H23FN2O2S/c1-3-15(12-6-8-13(16)9-7-12)18-10-4-5-14(11-18)17-21(2,19)20/h6-9,14-15,17H,3-5,10-11H2,1-2H3/t14-,15-/m0/s1. The Morgan fingerprint density at radius 3 is 2.62 bits per heavy atom. The number of piperidine rings is 1. The zero-order chi connectivity index (χ0) is 15.5. The van der Waals surface area contributed by atoms with Crippen LogP contribution < -0.4 is 4.72 Å². The summed E-state index contributed by atoms with van der Waals surface area (Å²) in [4.78, 5) is 2.29. The monoisotopic (exact) mass is 314 g/mol. The number of halogens is 1. The van der Waals surface area contributed by atoms with Crippen LogP contribution in [0.4, 0.5) is 4.39 Å². The number of sulfonamides is 1. The molecule has 1 fully saturated rings. The van der Waals surface area contributed by atoms with Gasteiger partial charge in [-0.1, -0.05) is 19.1 Å². The number of nitrogens with one attached hydrogen (secondary N) is 1. The van der Waals surface area contributed by atoms with Gasteiger partial charge >= 0.3 is 0 Å². The fourth-order valence-electron chi connectivity index (χ4n) is 3.08. The van der Waals surface area contributed by atoms with E-state index >= 15 is 0 Å². The van der Waals surface area contributed by atoms with Gasteiger partial charge in [0.25, 0.3) is 0 Å². The van der Waals surface area contributed by atoms with Crippen molar-refractivity contribution in [1.29, 1.82) is 0 Å². The summed E-state index contributed by atoms with van der Waals surface area (Å²) in [7, 11) is -3.18. The number of nitrogens with zero attached hydrogens (tertiary/aromatic N) is 1. The second-order valence-electron chi connectivity index (χ2n) is 5.70. The molecule has 0 unspecified atom stereocenters. The van der Waals surface area contributed by atoms with E-state index in [-0.39, 0.29) is 17.9 Å². The molecule has 2 atom stereocenters. The minimum absolute atomic E-state index is 0.0387. The van der Waals surface area contributed by atoms with Crippen LogP contribution in [0.1, 0.15) is 37.8 Å². The van der Waals surface area contributed by atoms with E-state index in [1.807, 2.05) is 12.1 Å². The molecule has 2 rings (SSSR count). The van der Waals surface area contributed by atoms with Crippen molar-refractivity contribution < 1.29 is 12.8 Å². The van der Waals surface area contributed by atoms with Gasteiger partial charge in [-0.2, -0.15) is 0 Å². The topological polar surface area (TPSA) is 49.4 Å². The zero-order valence-corrected chi connectivity index (χ0v) is 13.4. The molecule has 0 radical (unpaired) electrons. The van der Waals surface area contributed by atoms with Gasteiger partial charge in [-0.15, -0.1) is 0 Å². The molecule has 0 spiro atoms. The fourth-order valence-corrected chi connectivity index (χ4v) is 3.88. The Kier molecular flexibility index (Phi) is 5.35. The predicted octanol–water partition coefficient (Wildman–Crippen LogP) is 2.29. The first-order valence-electron chi connectivity index (χ1n) is 7.36. The minimum Gasteiger partial charge on any atom is -0.295 e. The average Bonchev–Trinajstić information content (AvgIpc) is 2.40.